The molecule has 3 rings (SSSR count). The van der Waals surface area contributed by atoms with E-state index in [0.29, 0.717) is 11.8 Å². The number of Topliss-reactive ketones (excluding diaryl/α,β-unsaturated/α-hetero) is 1. The van der Waals surface area contributed by atoms with Gasteiger partial charge in [-0.15, -0.1) is 0 Å². The summed E-state index contributed by atoms with van der Waals surface area (Å²) in [6, 6.07) is 0.883. The van der Waals surface area contributed by atoms with Crippen molar-refractivity contribution in [1.82, 2.24) is 9.80 Å². The minimum atomic E-state index is 0.230. The fourth-order valence-corrected chi connectivity index (χ4v) is 3.82. The van der Waals surface area contributed by atoms with E-state index in [1.807, 2.05) is 0 Å². The normalized spacial score (nSPS) is 35.5. The van der Waals surface area contributed by atoms with E-state index >= 15 is 0 Å². The molecule has 1 aliphatic carbocycles. The molecule has 0 aromatic rings. The van der Waals surface area contributed by atoms with Gasteiger partial charge in [-0.2, -0.15) is 0 Å². The Balaban J connectivity index is 1.56. The molecule has 3 fully saturated rings. The molecule has 2 aliphatic heterocycles. The highest BCUT2D eigenvalue weighted by molar-refractivity contribution is 5.84. The Morgan fingerprint density at radius 3 is 2.63 bits per heavy atom. The maximum atomic E-state index is 12.2. The second kappa shape index (κ2) is 6.33. The number of hydrogen-bond donors (Lipinski definition) is 0. The number of morpholine rings is 1. The Bertz CT molecular complexity index is 315. The SMILES string of the molecule is O=C1CCCCCC1N1CCC(N2CCOCC2)C1. The van der Waals surface area contributed by atoms with E-state index in [-0.39, 0.29) is 6.04 Å². The van der Waals surface area contributed by atoms with Crippen LogP contribution in [0.1, 0.15) is 38.5 Å². The van der Waals surface area contributed by atoms with Gasteiger partial charge >= 0.3 is 0 Å². The molecular formula is C15H26N2O2. The topological polar surface area (TPSA) is 32.8 Å². The minimum absolute atomic E-state index is 0.230. The van der Waals surface area contributed by atoms with Crippen molar-refractivity contribution in [3.8, 4) is 0 Å². The summed E-state index contributed by atoms with van der Waals surface area (Å²) in [6.07, 6.45) is 6.70. The van der Waals surface area contributed by atoms with Crippen LogP contribution in [0.3, 0.4) is 0 Å². The fourth-order valence-electron chi connectivity index (χ4n) is 3.82. The molecule has 4 nitrogen and oxygen atoms in total. The third kappa shape index (κ3) is 3.18. The van der Waals surface area contributed by atoms with Gasteiger partial charge in [0.15, 0.2) is 0 Å². The number of carbonyl (C=O) groups excluding carboxylic acids is 1. The number of nitrogens with zero attached hydrogens (tertiary/aromatic N) is 2. The van der Waals surface area contributed by atoms with Crippen LogP contribution < -0.4 is 0 Å². The van der Waals surface area contributed by atoms with Crippen LogP contribution in [0.2, 0.25) is 0 Å². The lowest BCUT2D eigenvalue weighted by Gasteiger charge is -2.33. The highest BCUT2D eigenvalue weighted by atomic mass is 16.5. The number of carbonyl (C=O) groups is 1. The van der Waals surface area contributed by atoms with Gasteiger partial charge in [0.25, 0.3) is 0 Å². The summed E-state index contributed by atoms with van der Waals surface area (Å²) < 4.78 is 5.43. The summed E-state index contributed by atoms with van der Waals surface area (Å²) in [5.74, 6) is 0.500. The first-order chi connectivity index (χ1) is 9.34. The summed E-state index contributed by atoms with van der Waals surface area (Å²) >= 11 is 0. The van der Waals surface area contributed by atoms with Crippen molar-refractivity contribution in [3.05, 3.63) is 0 Å². The van der Waals surface area contributed by atoms with Gasteiger partial charge in [-0.25, -0.2) is 0 Å². The molecule has 0 aromatic heterocycles. The average Bonchev–Trinajstić information content (AvgIpc) is 2.83. The minimum Gasteiger partial charge on any atom is -0.379 e. The number of hydrogen-bond acceptors (Lipinski definition) is 4. The molecule has 4 heteroatoms. The van der Waals surface area contributed by atoms with Gasteiger partial charge in [0.2, 0.25) is 0 Å². The van der Waals surface area contributed by atoms with Gasteiger partial charge in [0.05, 0.1) is 19.3 Å². The van der Waals surface area contributed by atoms with Crippen molar-refractivity contribution in [2.45, 2.75) is 50.6 Å². The molecule has 0 bridgehead atoms. The van der Waals surface area contributed by atoms with Gasteiger partial charge in [0, 0.05) is 38.6 Å². The summed E-state index contributed by atoms with van der Waals surface area (Å²) in [5, 5.41) is 0. The van der Waals surface area contributed by atoms with E-state index in [1.165, 1.54) is 19.3 Å². The lowest BCUT2D eigenvalue weighted by Crippen LogP contribution is -2.46. The third-order valence-electron chi connectivity index (χ3n) is 4.97. The second-order valence-electron chi connectivity index (χ2n) is 6.17. The molecule has 3 aliphatic rings. The summed E-state index contributed by atoms with van der Waals surface area (Å²) in [5.41, 5.74) is 0. The zero-order valence-electron chi connectivity index (χ0n) is 11.9. The summed E-state index contributed by atoms with van der Waals surface area (Å²) in [4.78, 5) is 17.2. The molecule has 19 heavy (non-hydrogen) atoms. The molecule has 1 saturated carbocycles. The van der Waals surface area contributed by atoms with Crippen molar-refractivity contribution < 1.29 is 9.53 Å². The highest BCUT2D eigenvalue weighted by Gasteiger charge is 2.35. The summed E-state index contributed by atoms with van der Waals surface area (Å²) in [7, 11) is 0. The van der Waals surface area contributed by atoms with E-state index in [0.717, 1.165) is 58.7 Å². The van der Waals surface area contributed by atoms with Crippen LogP contribution in [0.25, 0.3) is 0 Å². The van der Waals surface area contributed by atoms with Gasteiger partial charge in [-0.1, -0.05) is 12.8 Å². The molecule has 0 N–H and O–H groups in total. The molecule has 108 valence electrons. The number of rotatable bonds is 2. The van der Waals surface area contributed by atoms with E-state index in [1.54, 1.807) is 0 Å². The second-order valence-corrected chi connectivity index (χ2v) is 6.17. The Morgan fingerprint density at radius 1 is 0.947 bits per heavy atom. The average molecular weight is 266 g/mol. The monoisotopic (exact) mass is 266 g/mol. The molecule has 2 heterocycles. The van der Waals surface area contributed by atoms with Crippen LogP contribution in [0.5, 0.6) is 0 Å². The molecular weight excluding hydrogens is 240 g/mol. The van der Waals surface area contributed by atoms with Crippen LogP contribution in [-0.2, 0) is 9.53 Å². The molecule has 2 unspecified atom stereocenters. The van der Waals surface area contributed by atoms with Crippen molar-refractivity contribution >= 4 is 5.78 Å². The van der Waals surface area contributed by atoms with Gasteiger partial charge < -0.3 is 4.74 Å². The maximum Gasteiger partial charge on any atom is 0.149 e. The smallest absolute Gasteiger partial charge is 0.149 e. The maximum absolute atomic E-state index is 12.2. The van der Waals surface area contributed by atoms with Crippen LogP contribution >= 0.6 is 0 Å². The first-order valence-electron chi connectivity index (χ1n) is 7.93. The first kappa shape index (κ1) is 13.5. The molecule has 2 atom stereocenters. The molecule has 0 radical (unpaired) electrons. The zero-order chi connectivity index (χ0) is 13.1. The Kier molecular flexibility index (Phi) is 4.51. The Hall–Kier alpha value is -0.450. The van der Waals surface area contributed by atoms with E-state index < -0.39 is 0 Å². The molecule has 2 saturated heterocycles. The number of ether oxygens (including phenoxy) is 1. The van der Waals surface area contributed by atoms with Crippen LogP contribution in [-0.4, -0.2) is 67.1 Å². The fraction of sp³-hybridized carbons (Fsp3) is 0.933. The van der Waals surface area contributed by atoms with Crippen molar-refractivity contribution in [2.75, 3.05) is 39.4 Å². The predicted molar refractivity (Wildman–Crippen MR) is 74.3 cm³/mol. The van der Waals surface area contributed by atoms with Crippen LogP contribution in [0.15, 0.2) is 0 Å². The Labute approximate surface area is 116 Å². The van der Waals surface area contributed by atoms with Crippen LogP contribution in [0, 0.1) is 0 Å². The lowest BCUT2D eigenvalue weighted by molar-refractivity contribution is -0.123. The number of likely N-dealkylation sites (tertiary alicyclic amines) is 1. The molecule has 0 aromatic carbocycles. The summed E-state index contributed by atoms with van der Waals surface area (Å²) in [6.45, 7) is 6.08. The van der Waals surface area contributed by atoms with Gasteiger partial charge in [0.1, 0.15) is 5.78 Å². The van der Waals surface area contributed by atoms with Gasteiger partial charge in [-0.05, 0) is 19.3 Å². The van der Waals surface area contributed by atoms with E-state index in [4.69, 9.17) is 4.74 Å². The number of ketones is 1. The largest absolute Gasteiger partial charge is 0.379 e. The van der Waals surface area contributed by atoms with E-state index in [9.17, 15) is 4.79 Å². The standard InChI is InChI=1S/C15H26N2O2/c18-15-5-3-1-2-4-14(15)17-7-6-13(12-17)16-8-10-19-11-9-16/h13-14H,1-12H2. The third-order valence-corrected chi connectivity index (χ3v) is 4.97. The van der Waals surface area contributed by atoms with Gasteiger partial charge in [-0.3, -0.25) is 14.6 Å². The zero-order valence-corrected chi connectivity index (χ0v) is 11.9. The molecule has 0 spiro atoms. The lowest BCUT2D eigenvalue weighted by atomic mass is 10.1. The predicted octanol–water partition coefficient (Wildman–Crippen LogP) is 1.29. The van der Waals surface area contributed by atoms with E-state index in [2.05, 4.69) is 9.80 Å². The first-order valence-corrected chi connectivity index (χ1v) is 7.93. The Morgan fingerprint density at radius 2 is 1.79 bits per heavy atom. The quantitative estimate of drug-likeness (QED) is 0.705. The van der Waals surface area contributed by atoms with Crippen LogP contribution in [0.4, 0.5) is 0 Å². The molecule has 0 amide bonds. The van der Waals surface area contributed by atoms with Crippen molar-refractivity contribution in [3.63, 3.8) is 0 Å². The highest BCUT2D eigenvalue weighted by Crippen LogP contribution is 2.25. The van der Waals surface area contributed by atoms with Crippen molar-refractivity contribution in [1.29, 1.82) is 0 Å². The van der Waals surface area contributed by atoms with Crippen molar-refractivity contribution in [2.24, 2.45) is 0 Å².